The maximum Gasteiger partial charge on any atom is 0.343 e. The fourth-order valence-corrected chi connectivity index (χ4v) is 2.57. The highest BCUT2D eigenvalue weighted by molar-refractivity contribution is 6.06. The van der Waals surface area contributed by atoms with Crippen molar-refractivity contribution >= 4 is 17.6 Å². The molecule has 0 radical (unpaired) electrons. The van der Waals surface area contributed by atoms with Gasteiger partial charge in [0.05, 0.1) is 18.2 Å². The van der Waals surface area contributed by atoms with Crippen LogP contribution in [0.5, 0.6) is 11.5 Å². The molecular formula is C22H19NO4. The van der Waals surface area contributed by atoms with Crippen molar-refractivity contribution in [1.82, 2.24) is 0 Å². The van der Waals surface area contributed by atoms with Crippen LogP contribution in [0, 0.1) is 6.92 Å². The van der Waals surface area contributed by atoms with Crippen LogP contribution in [-0.4, -0.2) is 19.0 Å². The van der Waals surface area contributed by atoms with Gasteiger partial charge >= 0.3 is 5.97 Å². The Hall–Kier alpha value is -3.60. The molecule has 27 heavy (non-hydrogen) atoms. The van der Waals surface area contributed by atoms with Crippen molar-refractivity contribution in [3.63, 3.8) is 0 Å². The summed E-state index contributed by atoms with van der Waals surface area (Å²) in [5, 5.41) is 2.79. The number of para-hydroxylation sites is 1. The SMILES string of the molecule is COc1ccccc1C(=O)Nc1ccc(OC(=O)c2cccc(C)c2)cc1. The summed E-state index contributed by atoms with van der Waals surface area (Å²) in [6.07, 6.45) is 0. The number of hydrogen-bond acceptors (Lipinski definition) is 4. The Balaban J connectivity index is 1.67. The molecule has 5 nitrogen and oxygen atoms in total. The van der Waals surface area contributed by atoms with Gasteiger partial charge in [-0.1, -0.05) is 29.8 Å². The number of benzene rings is 3. The van der Waals surface area contributed by atoms with Gasteiger partial charge in [0.1, 0.15) is 11.5 Å². The summed E-state index contributed by atoms with van der Waals surface area (Å²) in [5.74, 6) is 0.192. The van der Waals surface area contributed by atoms with Gasteiger partial charge in [0.2, 0.25) is 0 Å². The molecule has 3 aromatic rings. The van der Waals surface area contributed by atoms with Gasteiger partial charge in [0.15, 0.2) is 0 Å². The standard InChI is InChI=1S/C22H19NO4/c1-15-6-5-7-16(14-15)22(25)27-18-12-10-17(11-13-18)23-21(24)19-8-3-4-9-20(19)26-2/h3-14H,1-2H3,(H,23,24). The van der Waals surface area contributed by atoms with Gasteiger partial charge in [-0.3, -0.25) is 4.79 Å². The van der Waals surface area contributed by atoms with E-state index in [9.17, 15) is 9.59 Å². The van der Waals surface area contributed by atoms with Crippen LogP contribution in [0.15, 0.2) is 72.8 Å². The maximum absolute atomic E-state index is 12.4. The number of carbonyl (C=O) groups excluding carboxylic acids is 2. The van der Waals surface area contributed by atoms with E-state index in [4.69, 9.17) is 9.47 Å². The second kappa shape index (κ2) is 8.19. The molecule has 0 heterocycles. The Kier molecular flexibility index (Phi) is 5.52. The van der Waals surface area contributed by atoms with E-state index in [0.29, 0.717) is 28.3 Å². The maximum atomic E-state index is 12.4. The highest BCUT2D eigenvalue weighted by atomic mass is 16.5. The van der Waals surface area contributed by atoms with Crippen molar-refractivity contribution < 1.29 is 19.1 Å². The average Bonchev–Trinajstić information content (AvgIpc) is 2.69. The molecule has 1 amide bonds. The quantitative estimate of drug-likeness (QED) is 0.538. The van der Waals surface area contributed by atoms with E-state index >= 15 is 0 Å². The molecule has 0 spiro atoms. The molecule has 0 atom stereocenters. The van der Waals surface area contributed by atoms with Crippen molar-refractivity contribution in [2.24, 2.45) is 0 Å². The molecule has 3 aromatic carbocycles. The lowest BCUT2D eigenvalue weighted by molar-refractivity contribution is 0.0734. The minimum atomic E-state index is -0.426. The molecule has 5 heteroatoms. The molecule has 0 bridgehead atoms. The molecular weight excluding hydrogens is 342 g/mol. The Bertz CT molecular complexity index is 964. The summed E-state index contributed by atoms with van der Waals surface area (Å²) in [5.41, 5.74) is 2.50. The van der Waals surface area contributed by atoms with Gasteiger partial charge in [-0.25, -0.2) is 4.79 Å². The Morgan fingerprint density at radius 1 is 0.889 bits per heavy atom. The molecule has 0 saturated heterocycles. The van der Waals surface area contributed by atoms with Crippen LogP contribution < -0.4 is 14.8 Å². The summed E-state index contributed by atoms with van der Waals surface area (Å²) >= 11 is 0. The number of nitrogens with one attached hydrogen (secondary N) is 1. The topological polar surface area (TPSA) is 64.6 Å². The van der Waals surface area contributed by atoms with E-state index in [1.54, 1.807) is 60.7 Å². The van der Waals surface area contributed by atoms with Gasteiger partial charge in [-0.05, 0) is 55.5 Å². The highest BCUT2D eigenvalue weighted by Crippen LogP contribution is 2.21. The van der Waals surface area contributed by atoms with Crippen molar-refractivity contribution in [3.05, 3.63) is 89.5 Å². The number of hydrogen-bond donors (Lipinski definition) is 1. The number of amides is 1. The Morgan fingerprint density at radius 2 is 1.63 bits per heavy atom. The second-order valence-electron chi connectivity index (χ2n) is 5.94. The molecule has 0 aliphatic heterocycles. The van der Waals surface area contributed by atoms with Crippen LogP contribution in [0.25, 0.3) is 0 Å². The third-order valence-electron chi connectivity index (χ3n) is 3.93. The molecule has 3 rings (SSSR count). The number of anilines is 1. The summed E-state index contributed by atoms with van der Waals surface area (Å²) in [7, 11) is 1.52. The highest BCUT2D eigenvalue weighted by Gasteiger charge is 2.12. The van der Waals surface area contributed by atoms with Gasteiger partial charge < -0.3 is 14.8 Å². The van der Waals surface area contributed by atoms with Gasteiger partial charge in [-0.2, -0.15) is 0 Å². The van der Waals surface area contributed by atoms with Crippen LogP contribution >= 0.6 is 0 Å². The second-order valence-corrected chi connectivity index (χ2v) is 5.94. The molecule has 0 fully saturated rings. The third-order valence-corrected chi connectivity index (χ3v) is 3.93. The first-order chi connectivity index (χ1) is 13.1. The van der Waals surface area contributed by atoms with E-state index < -0.39 is 5.97 Å². The zero-order valence-corrected chi connectivity index (χ0v) is 15.1. The minimum Gasteiger partial charge on any atom is -0.496 e. The predicted molar refractivity (Wildman–Crippen MR) is 104 cm³/mol. The van der Waals surface area contributed by atoms with Crippen LogP contribution in [0.2, 0.25) is 0 Å². The molecule has 0 aliphatic rings. The zero-order valence-electron chi connectivity index (χ0n) is 15.1. The fraction of sp³-hybridized carbons (Fsp3) is 0.0909. The number of methoxy groups -OCH3 is 1. The van der Waals surface area contributed by atoms with Crippen molar-refractivity contribution in [1.29, 1.82) is 0 Å². The summed E-state index contributed by atoms with van der Waals surface area (Å²) < 4.78 is 10.6. The van der Waals surface area contributed by atoms with Gasteiger partial charge in [-0.15, -0.1) is 0 Å². The fourth-order valence-electron chi connectivity index (χ4n) is 2.57. The average molecular weight is 361 g/mol. The smallest absolute Gasteiger partial charge is 0.343 e. The largest absolute Gasteiger partial charge is 0.496 e. The number of rotatable bonds is 5. The molecule has 1 N–H and O–H groups in total. The van der Waals surface area contributed by atoms with Crippen LogP contribution in [0.3, 0.4) is 0 Å². The van der Waals surface area contributed by atoms with Crippen molar-refractivity contribution in [3.8, 4) is 11.5 Å². The molecule has 0 aromatic heterocycles. The minimum absolute atomic E-state index is 0.281. The summed E-state index contributed by atoms with van der Waals surface area (Å²) in [4.78, 5) is 24.6. The first kappa shape index (κ1) is 18.2. The van der Waals surface area contributed by atoms with E-state index in [-0.39, 0.29) is 5.91 Å². The normalized spacial score (nSPS) is 10.1. The van der Waals surface area contributed by atoms with Gasteiger partial charge in [0, 0.05) is 5.69 Å². The third kappa shape index (κ3) is 4.52. The van der Waals surface area contributed by atoms with Gasteiger partial charge in [0.25, 0.3) is 5.91 Å². The predicted octanol–water partition coefficient (Wildman–Crippen LogP) is 4.48. The van der Waals surface area contributed by atoms with Crippen LogP contribution in [-0.2, 0) is 0 Å². The van der Waals surface area contributed by atoms with Crippen LogP contribution in [0.4, 0.5) is 5.69 Å². The molecule has 0 saturated carbocycles. The van der Waals surface area contributed by atoms with Crippen molar-refractivity contribution in [2.45, 2.75) is 6.92 Å². The van der Waals surface area contributed by atoms with E-state index in [0.717, 1.165) is 5.56 Å². The summed E-state index contributed by atoms with van der Waals surface area (Å²) in [6, 6.07) is 20.8. The lowest BCUT2D eigenvalue weighted by Gasteiger charge is -2.10. The lowest BCUT2D eigenvalue weighted by atomic mass is 10.1. The Morgan fingerprint density at radius 3 is 2.33 bits per heavy atom. The van der Waals surface area contributed by atoms with Crippen LogP contribution in [0.1, 0.15) is 26.3 Å². The summed E-state index contributed by atoms with van der Waals surface area (Å²) in [6.45, 7) is 1.91. The number of esters is 1. The zero-order chi connectivity index (χ0) is 19.2. The van der Waals surface area contributed by atoms with E-state index in [1.165, 1.54) is 7.11 Å². The first-order valence-corrected chi connectivity index (χ1v) is 8.40. The monoisotopic (exact) mass is 361 g/mol. The number of carbonyl (C=O) groups is 2. The first-order valence-electron chi connectivity index (χ1n) is 8.40. The van der Waals surface area contributed by atoms with Crippen molar-refractivity contribution in [2.75, 3.05) is 12.4 Å². The molecule has 0 unspecified atom stereocenters. The van der Waals surface area contributed by atoms with E-state index in [2.05, 4.69) is 5.32 Å². The van der Waals surface area contributed by atoms with E-state index in [1.807, 2.05) is 19.1 Å². The molecule has 0 aliphatic carbocycles. The lowest BCUT2D eigenvalue weighted by Crippen LogP contribution is -2.13. The number of ether oxygens (including phenoxy) is 2. The number of aryl methyl sites for hydroxylation is 1. The Labute approximate surface area is 157 Å². The molecule has 136 valence electrons.